The summed E-state index contributed by atoms with van der Waals surface area (Å²) >= 11 is 0. The number of hydrogen-bond acceptors (Lipinski definition) is 9. The molecule has 0 spiro atoms. The molecule has 0 bridgehead atoms. The van der Waals surface area contributed by atoms with Gasteiger partial charge in [0.25, 0.3) is 11.4 Å². The fourth-order valence-electron chi connectivity index (χ4n) is 4.32. The minimum Gasteiger partial charge on any atom is -0.314 e. The van der Waals surface area contributed by atoms with E-state index in [-0.39, 0.29) is 52.1 Å². The van der Waals surface area contributed by atoms with E-state index in [1.807, 2.05) is 0 Å². The molecule has 1 fully saturated rings. The molecule has 0 aromatic heterocycles. The first-order valence-corrected chi connectivity index (χ1v) is 15.2. The van der Waals surface area contributed by atoms with Gasteiger partial charge in [-0.25, -0.2) is 25.6 Å². The molecular weight excluding hydrogens is 576 g/mol. The molecule has 1 aliphatic rings. The van der Waals surface area contributed by atoms with Crippen molar-refractivity contribution in [1.29, 1.82) is 0 Å². The first-order valence-electron chi connectivity index (χ1n) is 12.3. The minimum atomic E-state index is -4.43. The van der Waals surface area contributed by atoms with E-state index in [0.717, 1.165) is 32.9 Å². The lowest BCUT2D eigenvalue weighted by molar-refractivity contribution is -0.388. The predicted octanol–water partition coefficient (Wildman–Crippen LogP) is 2.98. The third kappa shape index (κ3) is 7.54. The summed E-state index contributed by atoms with van der Waals surface area (Å²) in [6.07, 6.45) is -1.88. The van der Waals surface area contributed by atoms with Gasteiger partial charge in [0.1, 0.15) is 0 Å². The predicted molar refractivity (Wildman–Crippen MR) is 140 cm³/mol. The Bertz CT molecular complexity index is 1330. The Morgan fingerprint density at radius 2 is 1.07 bits per heavy atom. The van der Waals surface area contributed by atoms with E-state index in [2.05, 4.69) is 5.32 Å². The van der Waals surface area contributed by atoms with Crippen molar-refractivity contribution < 1.29 is 35.5 Å². The minimum absolute atomic E-state index is 0.0182. The van der Waals surface area contributed by atoms with Gasteiger partial charge in [0.05, 0.1) is 9.85 Å². The van der Waals surface area contributed by atoms with Crippen molar-refractivity contribution in [3.63, 3.8) is 0 Å². The molecule has 0 saturated carbocycles. The van der Waals surface area contributed by atoms with E-state index in [1.165, 1.54) is 24.3 Å². The molecule has 220 valence electrons. The summed E-state index contributed by atoms with van der Waals surface area (Å²) in [7, 11) is -8.85. The summed E-state index contributed by atoms with van der Waals surface area (Å²) in [5, 5.41) is 25.7. The van der Waals surface area contributed by atoms with Crippen molar-refractivity contribution in [2.75, 3.05) is 39.3 Å². The van der Waals surface area contributed by atoms with Crippen LogP contribution in [0.5, 0.6) is 0 Å². The maximum atomic E-state index is 14.7. The van der Waals surface area contributed by atoms with Crippen molar-refractivity contribution in [3.8, 4) is 0 Å². The average molecular weight is 606 g/mol. The maximum absolute atomic E-state index is 14.7. The number of rotatable bonds is 6. The van der Waals surface area contributed by atoms with Crippen LogP contribution in [0.3, 0.4) is 0 Å². The van der Waals surface area contributed by atoms with Crippen molar-refractivity contribution in [2.24, 2.45) is 0 Å². The summed E-state index contributed by atoms with van der Waals surface area (Å²) in [5.41, 5.74) is -1.29. The Kier molecular flexibility index (Phi) is 10.2. The number of hydrogen-bond donors (Lipinski definition) is 1. The number of nitrogens with zero attached hydrogens (tertiary/aromatic N) is 4. The van der Waals surface area contributed by atoms with Crippen molar-refractivity contribution in [3.05, 3.63) is 68.8 Å². The Hall–Kier alpha value is -3.12. The second kappa shape index (κ2) is 13.0. The third-order valence-electron chi connectivity index (χ3n) is 6.34. The zero-order valence-corrected chi connectivity index (χ0v) is 23.0. The van der Waals surface area contributed by atoms with Crippen LogP contribution in [0.2, 0.25) is 0 Å². The number of para-hydroxylation sites is 2. The Balaban J connectivity index is 1.85. The van der Waals surface area contributed by atoms with Gasteiger partial charge in [0, 0.05) is 64.2 Å². The van der Waals surface area contributed by atoms with Crippen LogP contribution in [0.4, 0.5) is 20.2 Å². The topological polar surface area (TPSA) is 173 Å². The highest BCUT2D eigenvalue weighted by Gasteiger charge is 2.35. The Morgan fingerprint density at radius 3 is 1.45 bits per heavy atom. The average Bonchev–Trinajstić information content (AvgIpc) is 2.90. The van der Waals surface area contributed by atoms with Crippen LogP contribution >= 0.6 is 0 Å². The van der Waals surface area contributed by atoms with Crippen LogP contribution in [-0.2, 0) is 20.0 Å². The first kappa shape index (κ1) is 31.4. The highest BCUT2D eigenvalue weighted by atomic mass is 32.2. The van der Waals surface area contributed by atoms with Gasteiger partial charge >= 0.3 is 0 Å². The maximum Gasteiger partial charge on any atom is 0.289 e. The number of alkyl halides is 2. The summed E-state index contributed by atoms with van der Waals surface area (Å²) in [6.45, 7) is -1.09. The second-order valence-electron chi connectivity index (χ2n) is 9.07. The van der Waals surface area contributed by atoms with E-state index >= 15 is 0 Å². The number of nitro groups is 2. The van der Waals surface area contributed by atoms with E-state index in [0.29, 0.717) is 0 Å². The monoisotopic (exact) mass is 605 g/mol. The van der Waals surface area contributed by atoms with Crippen molar-refractivity contribution >= 4 is 31.4 Å². The summed E-state index contributed by atoms with van der Waals surface area (Å²) in [4.78, 5) is 20.0. The van der Waals surface area contributed by atoms with Gasteiger partial charge in [-0.3, -0.25) is 20.2 Å². The molecule has 3 rings (SSSR count). The van der Waals surface area contributed by atoms with Crippen LogP contribution in [-0.4, -0.2) is 80.5 Å². The third-order valence-corrected chi connectivity index (χ3v) is 10.2. The van der Waals surface area contributed by atoms with Crippen molar-refractivity contribution in [2.45, 2.75) is 41.4 Å². The zero-order chi connectivity index (χ0) is 29.6. The highest BCUT2D eigenvalue weighted by Crippen LogP contribution is 2.31. The molecule has 1 heterocycles. The van der Waals surface area contributed by atoms with Gasteiger partial charge < -0.3 is 5.32 Å². The Labute approximate surface area is 230 Å². The van der Waals surface area contributed by atoms with Crippen LogP contribution in [0.25, 0.3) is 0 Å². The van der Waals surface area contributed by atoms with Gasteiger partial charge in [-0.15, -0.1) is 0 Å². The number of halogens is 2. The lowest BCUT2D eigenvalue weighted by Gasteiger charge is -2.26. The molecule has 0 aliphatic carbocycles. The molecule has 0 atom stereocenters. The van der Waals surface area contributed by atoms with Gasteiger partial charge in [0.15, 0.2) is 9.79 Å². The zero-order valence-electron chi connectivity index (χ0n) is 21.3. The smallest absolute Gasteiger partial charge is 0.289 e. The molecule has 40 heavy (non-hydrogen) atoms. The summed E-state index contributed by atoms with van der Waals surface area (Å²) < 4.78 is 84.4. The quantitative estimate of drug-likeness (QED) is 0.384. The fourth-order valence-corrected chi connectivity index (χ4v) is 7.59. The molecule has 1 N–H and O–H groups in total. The van der Waals surface area contributed by atoms with Crippen LogP contribution in [0.15, 0.2) is 58.3 Å². The lowest BCUT2D eigenvalue weighted by atomic mass is 10.1. The molecule has 1 saturated heterocycles. The molecule has 0 unspecified atom stereocenters. The number of sulfonamides is 2. The normalized spacial score (nSPS) is 18.9. The Morgan fingerprint density at radius 1 is 0.700 bits per heavy atom. The van der Waals surface area contributed by atoms with Gasteiger partial charge in [-0.2, -0.15) is 8.61 Å². The molecule has 2 aromatic carbocycles. The molecular formula is C23H29F2N5O8S2. The van der Waals surface area contributed by atoms with Crippen molar-refractivity contribution in [1.82, 2.24) is 13.9 Å². The second-order valence-corrected chi connectivity index (χ2v) is 12.9. The summed E-state index contributed by atoms with van der Waals surface area (Å²) in [6, 6.07) is 9.49. The van der Waals surface area contributed by atoms with Crippen LogP contribution in [0.1, 0.15) is 25.7 Å². The molecule has 1 aliphatic heterocycles. The molecule has 0 radical (unpaired) electrons. The van der Waals surface area contributed by atoms with Gasteiger partial charge in [-0.05, 0) is 25.0 Å². The largest absolute Gasteiger partial charge is 0.314 e. The SMILES string of the molecule is O=[N+]([O-])c1ccccc1S(=O)(=O)N1CCCC(F)(F)CCCN(S(=O)(=O)c2ccccc2[N+](=O)[O-])CCNCC1. The van der Waals surface area contributed by atoms with E-state index in [9.17, 15) is 45.8 Å². The van der Waals surface area contributed by atoms with E-state index < -0.39 is 69.8 Å². The van der Waals surface area contributed by atoms with E-state index in [1.54, 1.807) is 0 Å². The summed E-state index contributed by atoms with van der Waals surface area (Å²) in [5.74, 6) is -3.25. The van der Waals surface area contributed by atoms with Gasteiger partial charge in [0.2, 0.25) is 26.0 Å². The van der Waals surface area contributed by atoms with E-state index in [4.69, 9.17) is 0 Å². The highest BCUT2D eigenvalue weighted by molar-refractivity contribution is 7.89. The van der Waals surface area contributed by atoms with Crippen LogP contribution in [0, 0.1) is 20.2 Å². The molecule has 2 aromatic rings. The lowest BCUT2D eigenvalue weighted by Crippen LogP contribution is -2.42. The number of benzene rings is 2. The first-order chi connectivity index (χ1) is 18.8. The molecule has 17 heteroatoms. The molecule has 13 nitrogen and oxygen atoms in total. The standard InChI is InChI=1S/C23H29F2N5O8S2/c24-23(25)11-5-15-27(39(35,36)21-9-3-1-7-19(21)29(31)32)17-13-26-14-18-28(16-6-12-23)40(37,38)22-10-4-2-8-20(22)30(33)34/h1-4,7-10,26H,5-6,11-18H2. The number of nitro benzene ring substituents is 2. The molecule has 0 amide bonds. The van der Waals surface area contributed by atoms with Gasteiger partial charge in [-0.1, -0.05) is 24.3 Å². The number of nitrogens with one attached hydrogen (secondary N) is 1. The fraction of sp³-hybridized carbons (Fsp3) is 0.478. The van der Waals surface area contributed by atoms with Crippen LogP contribution < -0.4 is 5.32 Å².